The molecular formula is C17H14ClNO6S. The second-order valence-electron chi connectivity index (χ2n) is 4.90. The largest absolute Gasteiger partial charge is 0.424 e. The maximum absolute atomic E-state index is 11.9. The molecule has 3 aromatic rings. The number of benzene rings is 2. The first kappa shape index (κ1) is 20.1. The fourth-order valence-electron chi connectivity index (χ4n) is 2.03. The molecule has 0 amide bonds. The first-order valence-corrected chi connectivity index (χ1v) is 9.61. The molecule has 0 atom stereocenters. The third-order valence-corrected chi connectivity index (χ3v) is 3.87. The summed E-state index contributed by atoms with van der Waals surface area (Å²) < 4.78 is 39.6. The van der Waals surface area contributed by atoms with Gasteiger partial charge in [-0.05, 0) is 42.2 Å². The van der Waals surface area contributed by atoms with Crippen LogP contribution in [0.2, 0.25) is 0 Å². The lowest BCUT2D eigenvalue weighted by atomic mass is 10.2. The van der Waals surface area contributed by atoms with Gasteiger partial charge in [-0.2, -0.15) is 0 Å². The highest BCUT2D eigenvalue weighted by Gasteiger charge is 2.09. The number of nitrogens with one attached hydrogen (secondary N) is 1. The van der Waals surface area contributed by atoms with Gasteiger partial charge in [0.15, 0.2) is 5.58 Å². The third kappa shape index (κ3) is 6.60. The number of hydrogen-bond donors (Lipinski definition) is 0. The van der Waals surface area contributed by atoms with Gasteiger partial charge >= 0.3 is 11.4 Å². The van der Waals surface area contributed by atoms with E-state index < -0.39 is 10.2 Å². The molecule has 0 aliphatic heterocycles. The van der Waals surface area contributed by atoms with Crippen LogP contribution in [0.4, 0.5) is 0 Å². The van der Waals surface area contributed by atoms with E-state index in [0.717, 1.165) is 5.56 Å². The minimum Gasteiger partial charge on any atom is -0.404 e. The SMILES string of the molecule is CSc1ccc(C=Cc2[nH+]c(=O)c3ccccc3o2)cc1.[O-][Cl+3]([O-])([O-])[O-]. The predicted octanol–water partition coefficient (Wildman–Crippen LogP) is -1.26. The Hall–Kier alpha value is -2.20. The van der Waals surface area contributed by atoms with Crippen molar-refractivity contribution in [3.8, 4) is 0 Å². The molecule has 9 heteroatoms. The standard InChI is InChI=1S/C17H13NO2S.ClHO4/c1-21-13-9-6-12(7-10-13)8-11-16-18-17(19)14-4-2-3-5-15(14)20-16;2-1(3,4)5/h2-11H,1H3;(H,2,3,4,5). The van der Waals surface area contributed by atoms with Gasteiger partial charge in [-0.25, -0.2) is 23.4 Å². The fourth-order valence-corrected chi connectivity index (χ4v) is 2.44. The first-order chi connectivity index (χ1) is 12.3. The van der Waals surface area contributed by atoms with Crippen LogP contribution in [0.3, 0.4) is 0 Å². The summed E-state index contributed by atoms with van der Waals surface area (Å²) >= 11 is 1.71. The highest BCUT2D eigenvalue weighted by molar-refractivity contribution is 7.98. The molecule has 1 aromatic heterocycles. The van der Waals surface area contributed by atoms with E-state index in [9.17, 15) is 4.79 Å². The summed E-state index contributed by atoms with van der Waals surface area (Å²) in [5.41, 5.74) is 1.49. The zero-order valence-electron chi connectivity index (χ0n) is 13.5. The average molecular weight is 396 g/mol. The van der Waals surface area contributed by atoms with E-state index in [1.165, 1.54) is 4.90 Å². The summed E-state index contributed by atoms with van der Waals surface area (Å²) in [6.45, 7) is 0. The minimum absolute atomic E-state index is 0.144. The molecule has 1 heterocycles. The molecule has 7 nitrogen and oxygen atoms in total. The van der Waals surface area contributed by atoms with E-state index in [-0.39, 0.29) is 5.56 Å². The Kier molecular flexibility index (Phi) is 6.92. The number of halogens is 1. The van der Waals surface area contributed by atoms with Gasteiger partial charge in [0.25, 0.3) is 0 Å². The second kappa shape index (κ2) is 8.95. The fraction of sp³-hybridized carbons (Fsp3) is 0.0588. The van der Waals surface area contributed by atoms with Crippen LogP contribution in [0.5, 0.6) is 0 Å². The van der Waals surface area contributed by atoms with Crippen LogP contribution in [0.15, 0.2) is 62.6 Å². The summed E-state index contributed by atoms with van der Waals surface area (Å²) in [5.74, 6) is 0.438. The molecule has 0 saturated carbocycles. The molecule has 0 radical (unpaired) electrons. The van der Waals surface area contributed by atoms with Crippen LogP contribution in [0.25, 0.3) is 23.1 Å². The average Bonchev–Trinajstić information content (AvgIpc) is 2.59. The highest BCUT2D eigenvalue weighted by Crippen LogP contribution is 2.16. The number of fused-ring (bicyclic) bond motifs is 1. The van der Waals surface area contributed by atoms with Gasteiger partial charge in [-0.3, -0.25) is 0 Å². The molecule has 136 valence electrons. The Balaban J connectivity index is 0.000000431. The Bertz CT molecular complexity index is 944. The minimum atomic E-state index is -4.94. The number of para-hydroxylation sites is 1. The van der Waals surface area contributed by atoms with Gasteiger partial charge in [0.05, 0.1) is 6.08 Å². The van der Waals surface area contributed by atoms with Gasteiger partial charge in [0.1, 0.15) is 5.39 Å². The molecule has 0 spiro atoms. The number of aromatic nitrogens is 1. The smallest absolute Gasteiger partial charge is 0.404 e. The maximum atomic E-state index is 11.9. The van der Waals surface area contributed by atoms with Crippen LogP contribution in [0, 0.1) is 10.2 Å². The number of hydrogen-bond acceptors (Lipinski definition) is 7. The van der Waals surface area contributed by atoms with Gasteiger partial charge in [-0.15, -0.1) is 27.0 Å². The molecule has 0 bridgehead atoms. The van der Waals surface area contributed by atoms with Crippen LogP contribution in [-0.4, -0.2) is 6.26 Å². The molecule has 2 aromatic carbocycles. The third-order valence-electron chi connectivity index (χ3n) is 3.13. The zero-order valence-corrected chi connectivity index (χ0v) is 15.1. The lowest BCUT2D eigenvalue weighted by Gasteiger charge is -2.17. The molecule has 0 aliphatic rings. The van der Waals surface area contributed by atoms with E-state index >= 15 is 0 Å². The van der Waals surface area contributed by atoms with Gasteiger partial charge < -0.3 is 4.42 Å². The van der Waals surface area contributed by atoms with Crippen molar-refractivity contribution in [2.75, 3.05) is 6.26 Å². The Morgan fingerprint density at radius 2 is 1.62 bits per heavy atom. The van der Waals surface area contributed by atoms with E-state index in [4.69, 9.17) is 23.1 Å². The van der Waals surface area contributed by atoms with Crippen molar-refractivity contribution in [2.45, 2.75) is 4.90 Å². The molecular weight excluding hydrogens is 382 g/mol. The van der Waals surface area contributed by atoms with Crippen molar-refractivity contribution in [2.24, 2.45) is 0 Å². The Morgan fingerprint density at radius 3 is 2.23 bits per heavy atom. The van der Waals surface area contributed by atoms with Crippen LogP contribution in [-0.2, 0) is 0 Å². The summed E-state index contributed by atoms with van der Waals surface area (Å²) in [4.78, 5) is 15.9. The quantitative estimate of drug-likeness (QED) is 0.505. The van der Waals surface area contributed by atoms with Gasteiger partial charge in [0.2, 0.25) is 0 Å². The molecule has 0 fully saturated rings. The Morgan fingerprint density at radius 1 is 1.00 bits per heavy atom. The molecule has 0 unspecified atom stereocenters. The molecule has 3 rings (SSSR count). The van der Waals surface area contributed by atoms with Crippen LogP contribution >= 0.6 is 11.8 Å². The number of H-pyrrole nitrogens is 1. The van der Waals surface area contributed by atoms with Crippen molar-refractivity contribution in [3.05, 3.63) is 70.3 Å². The summed E-state index contributed by atoms with van der Waals surface area (Å²) in [7, 11) is -4.94. The van der Waals surface area contributed by atoms with Crippen LogP contribution in [0.1, 0.15) is 11.5 Å². The van der Waals surface area contributed by atoms with Crippen molar-refractivity contribution < 1.29 is 38.3 Å². The molecule has 1 N–H and O–H groups in total. The lowest BCUT2D eigenvalue weighted by Crippen LogP contribution is -2.68. The van der Waals surface area contributed by atoms with E-state index in [1.807, 2.05) is 36.6 Å². The van der Waals surface area contributed by atoms with Crippen LogP contribution < -0.4 is 29.2 Å². The molecule has 26 heavy (non-hydrogen) atoms. The monoisotopic (exact) mass is 395 g/mol. The topological polar surface area (TPSA) is 137 Å². The zero-order chi connectivity index (χ0) is 19.2. The highest BCUT2D eigenvalue weighted by atomic mass is 35.7. The van der Waals surface area contributed by atoms with Gasteiger partial charge in [0, 0.05) is 4.90 Å². The molecule has 0 saturated heterocycles. The Labute approximate surface area is 155 Å². The normalized spacial score (nSPS) is 11.4. The first-order valence-electron chi connectivity index (χ1n) is 7.15. The predicted molar refractivity (Wildman–Crippen MR) is 86.2 cm³/mol. The van der Waals surface area contributed by atoms with Crippen molar-refractivity contribution in [1.82, 2.24) is 0 Å². The van der Waals surface area contributed by atoms with E-state index in [2.05, 4.69) is 17.1 Å². The van der Waals surface area contributed by atoms with E-state index in [1.54, 1.807) is 30.0 Å². The number of rotatable bonds is 3. The summed E-state index contributed by atoms with van der Waals surface area (Å²) in [5, 5.41) is 0.555. The second-order valence-corrected chi connectivity index (χ2v) is 6.54. The number of aromatic amines is 1. The summed E-state index contributed by atoms with van der Waals surface area (Å²) in [6, 6.07) is 15.4. The summed E-state index contributed by atoms with van der Waals surface area (Å²) in [6.07, 6.45) is 5.72. The van der Waals surface area contributed by atoms with Gasteiger partial charge in [-0.1, -0.05) is 24.3 Å². The maximum Gasteiger partial charge on any atom is 0.424 e. The van der Waals surface area contributed by atoms with E-state index in [0.29, 0.717) is 16.9 Å². The number of thioether (sulfide) groups is 1. The van der Waals surface area contributed by atoms with Crippen molar-refractivity contribution >= 4 is 34.9 Å². The molecule has 0 aliphatic carbocycles. The lowest BCUT2D eigenvalue weighted by molar-refractivity contribution is -2.00. The van der Waals surface area contributed by atoms with Crippen molar-refractivity contribution in [1.29, 1.82) is 0 Å². The van der Waals surface area contributed by atoms with Crippen molar-refractivity contribution in [3.63, 3.8) is 0 Å².